The average Bonchev–Trinajstić information content (AvgIpc) is 3.72. The van der Waals surface area contributed by atoms with Gasteiger partial charge in [0.2, 0.25) is 5.91 Å². The molecule has 1 amide bonds. The van der Waals surface area contributed by atoms with E-state index in [1.807, 2.05) is 35.6 Å². The van der Waals surface area contributed by atoms with Gasteiger partial charge < -0.3 is 19.4 Å². The van der Waals surface area contributed by atoms with E-state index in [9.17, 15) is 4.79 Å². The number of carbonyl (C=O) groups excluding carboxylic acids is 1. The first-order chi connectivity index (χ1) is 16.5. The fraction of sp³-hybridized carbons (Fsp3) is 0.520. The highest BCUT2D eigenvalue weighted by molar-refractivity contribution is 6.07. The van der Waals surface area contributed by atoms with Crippen molar-refractivity contribution in [1.82, 2.24) is 33.8 Å². The van der Waals surface area contributed by atoms with Gasteiger partial charge in [0, 0.05) is 55.1 Å². The van der Waals surface area contributed by atoms with Crippen molar-refractivity contribution < 1.29 is 4.79 Å². The van der Waals surface area contributed by atoms with Gasteiger partial charge in [-0.3, -0.25) is 9.48 Å². The monoisotopic (exact) mass is 460 g/mol. The first kappa shape index (κ1) is 21.2. The number of carbonyl (C=O) groups is 1. The third-order valence-electron chi connectivity index (χ3n) is 7.13. The third-order valence-corrected chi connectivity index (χ3v) is 7.13. The van der Waals surface area contributed by atoms with Gasteiger partial charge in [-0.25, -0.2) is 9.97 Å². The number of hydrogen-bond donors (Lipinski definition) is 1. The largest absolute Gasteiger partial charge is 0.336 e. The number of hydrogen-bond acceptors (Lipinski definition) is 5. The van der Waals surface area contributed by atoms with Crippen LogP contribution in [0.2, 0.25) is 0 Å². The number of amides is 1. The molecule has 4 aromatic rings. The fourth-order valence-electron chi connectivity index (χ4n) is 5.22. The van der Waals surface area contributed by atoms with Gasteiger partial charge in [-0.05, 0) is 52.5 Å². The number of nitrogens with zero attached hydrogens (tertiary/aromatic N) is 7. The summed E-state index contributed by atoms with van der Waals surface area (Å²) in [6, 6.07) is 5.09. The summed E-state index contributed by atoms with van der Waals surface area (Å²) in [5, 5.41) is 9.08. The Morgan fingerprint density at radius 3 is 2.50 bits per heavy atom. The van der Waals surface area contributed by atoms with Crippen LogP contribution < -0.4 is 5.32 Å². The van der Waals surface area contributed by atoms with Gasteiger partial charge in [-0.1, -0.05) is 0 Å². The van der Waals surface area contributed by atoms with Crippen molar-refractivity contribution in [1.29, 1.82) is 0 Å². The lowest BCUT2D eigenvalue weighted by Gasteiger charge is -2.22. The van der Waals surface area contributed by atoms with Crippen molar-refractivity contribution in [3.05, 3.63) is 29.8 Å². The molecule has 0 spiro atoms. The molecule has 6 rings (SSSR count). The standard InChI is InChI=1S/C25H32N8O/c1-5-31-18(13-21(34)33(16-7-8-16)17-9-10-17)12-19-23-22(26-14-30(23)4)24(28-25(19)31)27-20-11-15(3)32(6-2)29-20/h11-12,14,16-17H,5-10,13H2,1-4H3,(H,27,28,29). The Bertz CT molecular complexity index is 1390. The second-order valence-electron chi connectivity index (χ2n) is 9.68. The van der Waals surface area contributed by atoms with Crippen LogP contribution in [0.1, 0.15) is 50.9 Å². The maximum absolute atomic E-state index is 13.3. The van der Waals surface area contributed by atoms with Gasteiger partial charge in [0.15, 0.2) is 11.6 Å². The van der Waals surface area contributed by atoms with Crippen molar-refractivity contribution in [2.24, 2.45) is 7.05 Å². The molecule has 1 N–H and O–H groups in total. The van der Waals surface area contributed by atoms with Crippen molar-refractivity contribution in [2.75, 3.05) is 5.32 Å². The average molecular weight is 461 g/mol. The van der Waals surface area contributed by atoms with E-state index in [1.54, 1.807) is 0 Å². The lowest BCUT2D eigenvalue weighted by molar-refractivity contribution is -0.131. The molecular weight excluding hydrogens is 428 g/mol. The Labute approximate surface area is 198 Å². The molecule has 0 aliphatic heterocycles. The van der Waals surface area contributed by atoms with Crippen LogP contribution in [0.15, 0.2) is 18.5 Å². The van der Waals surface area contributed by atoms with Crippen LogP contribution >= 0.6 is 0 Å². The van der Waals surface area contributed by atoms with Crippen LogP contribution in [0.25, 0.3) is 22.1 Å². The van der Waals surface area contributed by atoms with E-state index < -0.39 is 0 Å². The molecule has 34 heavy (non-hydrogen) atoms. The molecule has 0 radical (unpaired) electrons. The number of aromatic nitrogens is 6. The zero-order chi connectivity index (χ0) is 23.6. The van der Waals surface area contributed by atoms with Gasteiger partial charge in [-0.15, -0.1) is 0 Å². The summed E-state index contributed by atoms with van der Waals surface area (Å²) in [5.41, 5.74) is 4.81. The van der Waals surface area contributed by atoms with Crippen molar-refractivity contribution in [3.8, 4) is 0 Å². The summed E-state index contributed by atoms with van der Waals surface area (Å²) < 4.78 is 6.17. The smallest absolute Gasteiger partial charge is 0.229 e. The molecule has 0 unspecified atom stereocenters. The van der Waals surface area contributed by atoms with Crippen LogP contribution in [0.4, 0.5) is 11.6 Å². The highest BCUT2D eigenvalue weighted by Gasteiger charge is 2.42. The molecule has 2 saturated carbocycles. The SMILES string of the molecule is CCn1nc(Nc2nc3c(cc(CC(=O)N(C4CC4)C4CC4)n3CC)c3c2ncn3C)cc1C. The number of anilines is 2. The van der Waals surface area contributed by atoms with E-state index >= 15 is 0 Å². The van der Waals surface area contributed by atoms with E-state index in [1.165, 1.54) is 0 Å². The molecule has 4 heterocycles. The topological polar surface area (TPSA) is 85.8 Å². The minimum Gasteiger partial charge on any atom is -0.336 e. The zero-order valence-corrected chi connectivity index (χ0v) is 20.4. The molecular formula is C25H32N8O. The molecule has 0 bridgehead atoms. The molecule has 0 aromatic carbocycles. The van der Waals surface area contributed by atoms with Gasteiger partial charge in [0.05, 0.1) is 18.3 Å². The van der Waals surface area contributed by atoms with Crippen LogP contribution in [0, 0.1) is 6.92 Å². The maximum Gasteiger partial charge on any atom is 0.229 e. The van der Waals surface area contributed by atoms with Gasteiger partial charge in [0.1, 0.15) is 11.2 Å². The zero-order valence-electron chi connectivity index (χ0n) is 20.4. The minimum absolute atomic E-state index is 0.252. The number of fused-ring (bicyclic) bond motifs is 3. The van der Waals surface area contributed by atoms with Gasteiger partial charge in [0.25, 0.3) is 0 Å². The first-order valence-corrected chi connectivity index (χ1v) is 12.4. The molecule has 2 aliphatic carbocycles. The van der Waals surface area contributed by atoms with Crippen molar-refractivity contribution in [2.45, 2.75) is 78.0 Å². The van der Waals surface area contributed by atoms with E-state index in [-0.39, 0.29) is 5.91 Å². The minimum atomic E-state index is 0.252. The number of pyridine rings is 1. The predicted molar refractivity (Wildman–Crippen MR) is 132 cm³/mol. The fourth-order valence-corrected chi connectivity index (χ4v) is 5.22. The Morgan fingerprint density at radius 1 is 1.15 bits per heavy atom. The second-order valence-corrected chi connectivity index (χ2v) is 9.68. The van der Waals surface area contributed by atoms with Crippen molar-refractivity contribution >= 4 is 39.6 Å². The van der Waals surface area contributed by atoms with Gasteiger partial charge in [-0.2, -0.15) is 5.10 Å². The van der Waals surface area contributed by atoms with E-state index in [0.717, 1.165) is 78.0 Å². The van der Waals surface area contributed by atoms with E-state index in [4.69, 9.17) is 4.98 Å². The highest BCUT2D eigenvalue weighted by Crippen LogP contribution is 2.38. The first-order valence-electron chi connectivity index (χ1n) is 12.4. The number of nitrogens with one attached hydrogen (secondary N) is 1. The van der Waals surface area contributed by atoms with Crippen LogP contribution in [0.5, 0.6) is 0 Å². The summed E-state index contributed by atoms with van der Waals surface area (Å²) in [5.74, 6) is 1.70. The Kier molecular flexibility index (Phi) is 4.89. The molecule has 2 fully saturated rings. The second kappa shape index (κ2) is 7.85. The summed E-state index contributed by atoms with van der Waals surface area (Å²) >= 11 is 0. The van der Waals surface area contributed by atoms with Crippen LogP contribution in [-0.2, 0) is 31.4 Å². The van der Waals surface area contributed by atoms with E-state index in [2.05, 4.69) is 44.8 Å². The summed E-state index contributed by atoms with van der Waals surface area (Å²) in [6.45, 7) is 7.80. The Hall–Kier alpha value is -3.36. The number of rotatable bonds is 8. The van der Waals surface area contributed by atoms with Crippen molar-refractivity contribution in [3.63, 3.8) is 0 Å². The normalized spacial score (nSPS) is 16.0. The third kappa shape index (κ3) is 3.45. The maximum atomic E-state index is 13.3. The van der Waals surface area contributed by atoms with Crippen LogP contribution in [-0.4, -0.2) is 51.8 Å². The molecule has 178 valence electrons. The molecule has 2 aliphatic rings. The number of imidazole rings is 1. The Balaban J connectivity index is 1.43. The molecule has 0 atom stereocenters. The van der Waals surface area contributed by atoms with Gasteiger partial charge >= 0.3 is 0 Å². The van der Waals surface area contributed by atoms with Crippen LogP contribution in [0.3, 0.4) is 0 Å². The number of aryl methyl sites for hydroxylation is 4. The molecule has 9 heteroatoms. The summed E-state index contributed by atoms with van der Waals surface area (Å²) in [7, 11) is 2.00. The lowest BCUT2D eigenvalue weighted by atomic mass is 10.2. The lowest BCUT2D eigenvalue weighted by Crippen LogP contribution is -2.36. The molecule has 4 aromatic heterocycles. The molecule has 0 saturated heterocycles. The summed E-state index contributed by atoms with van der Waals surface area (Å²) in [6.07, 6.45) is 6.84. The Morgan fingerprint density at radius 2 is 1.88 bits per heavy atom. The summed E-state index contributed by atoms with van der Waals surface area (Å²) in [4.78, 5) is 25.2. The molecule has 9 nitrogen and oxygen atoms in total. The van der Waals surface area contributed by atoms with E-state index in [0.29, 0.717) is 24.3 Å². The highest BCUT2D eigenvalue weighted by atomic mass is 16.2. The quantitative estimate of drug-likeness (QED) is 0.431. The predicted octanol–water partition coefficient (Wildman–Crippen LogP) is 3.91.